The summed E-state index contributed by atoms with van der Waals surface area (Å²) in [7, 11) is 0. The summed E-state index contributed by atoms with van der Waals surface area (Å²) in [6, 6.07) is 0. The van der Waals surface area contributed by atoms with Gasteiger partial charge in [-0.15, -0.1) is 0 Å². The van der Waals surface area contributed by atoms with Crippen LogP contribution in [-0.4, -0.2) is 13.1 Å². The molecule has 0 aromatic carbocycles. The zero-order chi connectivity index (χ0) is 9.97. The van der Waals surface area contributed by atoms with Crippen LogP contribution in [0.3, 0.4) is 0 Å². The van der Waals surface area contributed by atoms with Crippen molar-refractivity contribution in [2.75, 3.05) is 13.1 Å². The highest BCUT2D eigenvalue weighted by atomic mass is 14.9. The molecule has 2 fully saturated rings. The molecule has 1 saturated carbocycles. The minimum Gasteiger partial charge on any atom is -0.316 e. The Hall–Kier alpha value is -0.0400. The number of hydrogen-bond donors (Lipinski definition) is 1. The third-order valence-corrected chi connectivity index (χ3v) is 4.55. The molecule has 1 nitrogen and oxygen atoms in total. The Morgan fingerprint density at radius 3 is 2.29 bits per heavy atom. The lowest BCUT2D eigenvalue weighted by Gasteiger charge is -2.39. The number of piperidine rings is 1. The Balaban J connectivity index is 1.87. The van der Waals surface area contributed by atoms with E-state index in [1.54, 1.807) is 0 Å². The van der Waals surface area contributed by atoms with Crippen LogP contribution < -0.4 is 5.32 Å². The average Bonchev–Trinajstić information content (AvgIpc) is 2.20. The summed E-state index contributed by atoms with van der Waals surface area (Å²) in [5.74, 6) is 3.98. The van der Waals surface area contributed by atoms with Crippen molar-refractivity contribution in [1.29, 1.82) is 0 Å². The summed E-state index contributed by atoms with van der Waals surface area (Å²) >= 11 is 0. The summed E-state index contributed by atoms with van der Waals surface area (Å²) in [6.07, 6.45) is 7.36. The fourth-order valence-electron chi connectivity index (χ4n) is 3.36. The predicted molar refractivity (Wildman–Crippen MR) is 61.3 cm³/mol. The Kier molecular flexibility index (Phi) is 3.48. The van der Waals surface area contributed by atoms with E-state index in [4.69, 9.17) is 0 Å². The van der Waals surface area contributed by atoms with E-state index >= 15 is 0 Å². The summed E-state index contributed by atoms with van der Waals surface area (Å²) in [4.78, 5) is 0. The number of hydrogen-bond acceptors (Lipinski definition) is 1. The fraction of sp³-hybridized carbons (Fsp3) is 1.00. The highest BCUT2D eigenvalue weighted by Gasteiger charge is 2.31. The van der Waals surface area contributed by atoms with Crippen LogP contribution in [0.2, 0.25) is 0 Å². The lowest BCUT2D eigenvalue weighted by atomic mass is 9.70. The van der Waals surface area contributed by atoms with E-state index in [-0.39, 0.29) is 0 Å². The van der Waals surface area contributed by atoms with Crippen LogP contribution in [0.5, 0.6) is 0 Å². The van der Waals surface area contributed by atoms with Crippen LogP contribution in [-0.2, 0) is 0 Å². The summed E-state index contributed by atoms with van der Waals surface area (Å²) in [5.41, 5.74) is 0. The molecule has 2 atom stereocenters. The van der Waals surface area contributed by atoms with Gasteiger partial charge < -0.3 is 5.32 Å². The molecule has 1 saturated heterocycles. The van der Waals surface area contributed by atoms with E-state index in [1.807, 2.05) is 0 Å². The second-order valence-corrected chi connectivity index (χ2v) is 5.65. The van der Waals surface area contributed by atoms with Gasteiger partial charge in [-0.05, 0) is 56.0 Å². The second-order valence-electron chi connectivity index (χ2n) is 5.65. The maximum Gasteiger partial charge on any atom is -0.00153 e. The van der Waals surface area contributed by atoms with Gasteiger partial charge in [-0.1, -0.05) is 26.7 Å². The Bertz CT molecular complexity index is 170. The van der Waals surface area contributed by atoms with Crippen LogP contribution in [0.4, 0.5) is 0 Å². The van der Waals surface area contributed by atoms with Crippen molar-refractivity contribution in [3.63, 3.8) is 0 Å². The van der Waals surface area contributed by atoms with Crippen molar-refractivity contribution in [3.05, 3.63) is 0 Å². The molecule has 0 bridgehead atoms. The smallest absolute Gasteiger partial charge is 0.00153 e. The van der Waals surface area contributed by atoms with E-state index in [0.29, 0.717) is 0 Å². The van der Waals surface area contributed by atoms with Crippen LogP contribution in [0.15, 0.2) is 0 Å². The maximum absolute atomic E-state index is 3.57. The van der Waals surface area contributed by atoms with Gasteiger partial charge in [0.2, 0.25) is 0 Å². The van der Waals surface area contributed by atoms with Gasteiger partial charge in [-0.2, -0.15) is 0 Å². The van der Waals surface area contributed by atoms with E-state index in [0.717, 1.165) is 23.7 Å². The highest BCUT2D eigenvalue weighted by Crippen LogP contribution is 2.37. The molecule has 0 spiro atoms. The van der Waals surface area contributed by atoms with Crippen molar-refractivity contribution in [2.24, 2.45) is 23.7 Å². The summed E-state index contributed by atoms with van der Waals surface area (Å²) in [5, 5.41) is 3.57. The molecule has 0 aromatic heterocycles. The Morgan fingerprint density at radius 2 is 1.64 bits per heavy atom. The third kappa shape index (κ3) is 2.31. The minimum atomic E-state index is 0.967. The molecule has 1 N–H and O–H groups in total. The van der Waals surface area contributed by atoms with Gasteiger partial charge in [-0.25, -0.2) is 0 Å². The van der Waals surface area contributed by atoms with Crippen molar-refractivity contribution >= 4 is 0 Å². The lowest BCUT2D eigenvalue weighted by Crippen LogP contribution is -2.40. The fourth-order valence-corrected chi connectivity index (χ4v) is 3.36. The molecule has 2 rings (SSSR count). The first-order chi connectivity index (χ1) is 6.77. The molecule has 0 radical (unpaired) electrons. The van der Waals surface area contributed by atoms with Gasteiger partial charge in [0.25, 0.3) is 0 Å². The first-order valence-electron chi connectivity index (χ1n) is 6.48. The minimum absolute atomic E-state index is 0.967. The van der Waals surface area contributed by atoms with Crippen molar-refractivity contribution < 1.29 is 0 Å². The monoisotopic (exact) mass is 195 g/mol. The maximum atomic E-state index is 3.57. The quantitative estimate of drug-likeness (QED) is 0.678. The van der Waals surface area contributed by atoms with Crippen molar-refractivity contribution in [2.45, 2.75) is 46.0 Å². The lowest BCUT2D eigenvalue weighted by molar-refractivity contribution is 0.136. The molecule has 0 amide bonds. The molecule has 1 aliphatic heterocycles. The normalized spacial score (nSPS) is 45.0. The van der Waals surface area contributed by atoms with Gasteiger partial charge in [0.1, 0.15) is 0 Å². The van der Waals surface area contributed by atoms with Gasteiger partial charge >= 0.3 is 0 Å². The van der Waals surface area contributed by atoms with Gasteiger partial charge in [0, 0.05) is 0 Å². The zero-order valence-electron chi connectivity index (χ0n) is 9.76. The molecule has 2 unspecified atom stereocenters. The Morgan fingerprint density at radius 1 is 0.929 bits per heavy atom. The molecule has 82 valence electrons. The molecular formula is C13H25N. The molecule has 1 heterocycles. The molecule has 0 aromatic rings. The van der Waals surface area contributed by atoms with Gasteiger partial charge in [-0.3, -0.25) is 0 Å². The highest BCUT2D eigenvalue weighted by molar-refractivity contribution is 4.83. The van der Waals surface area contributed by atoms with E-state index < -0.39 is 0 Å². The zero-order valence-corrected chi connectivity index (χ0v) is 9.76. The SMILES string of the molecule is CC1CCC(C2CNCCC2C)CC1. The van der Waals surface area contributed by atoms with Crippen molar-refractivity contribution in [1.82, 2.24) is 5.32 Å². The van der Waals surface area contributed by atoms with E-state index in [2.05, 4.69) is 19.2 Å². The largest absolute Gasteiger partial charge is 0.316 e. The number of rotatable bonds is 1. The second kappa shape index (κ2) is 4.65. The summed E-state index contributed by atoms with van der Waals surface area (Å²) < 4.78 is 0. The average molecular weight is 195 g/mol. The standard InChI is InChI=1S/C13H25N/c1-10-3-5-12(6-4-10)13-9-14-8-7-11(13)2/h10-14H,3-9H2,1-2H3. The molecule has 1 heteroatoms. The predicted octanol–water partition coefficient (Wildman–Crippen LogP) is 3.06. The molecular weight excluding hydrogens is 170 g/mol. The van der Waals surface area contributed by atoms with Crippen LogP contribution in [0, 0.1) is 23.7 Å². The third-order valence-electron chi connectivity index (χ3n) is 4.55. The van der Waals surface area contributed by atoms with E-state index in [1.165, 1.54) is 45.2 Å². The van der Waals surface area contributed by atoms with Crippen LogP contribution in [0.25, 0.3) is 0 Å². The van der Waals surface area contributed by atoms with Gasteiger partial charge in [0.05, 0.1) is 0 Å². The first-order valence-corrected chi connectivity index (χ1v) is 6.48. The van der Waals surface area contributed by atoms with E-state index in [9.17, 15) is 0 Å². The topological polar surface area (TPSA) is 12.0 Å². The number of nitrogens with one attached hydrogen (secondary N) is 1. The van der Waals surface area contributed by atoms with Crippen molar-refractivity contribution in [3.8, 4) is 0 Å². The molecule has 2 aliphatic rings. The Labute approximate surface area is 88.7 Å². The molecule has 1 aliphatic carbocycles. The summed E-state index contributed by atoms with van der Waals surface area (Å²) in [6.45, 7) is 7.42. The van der Waals surface area contributed by atoms with Gasteiger partial charge in [0.15, 0.2) is 0 Å². The molecule has 14 heavy (non-hydrogen) atoms. The van der Waals surface area contributed by atoms with Crippen LogP contribution in [0.1, 0.15) is 46.0 Å². The van der Waals surface area contributed by atoms with Crippen LogP contribution >= 0.6 is 0 Å². The first kappa shape index (κ1) is 10.5.